The summed E-state index contributed by atoms with van der Waals surface area (Å²) < 4.78 is 5.81. The van der Waals surface area contributed by atoms with Gasteiger partial charge in [0.1, 0.15) is 23.2 Å². The van der Waals surface area contributed by atoms with Crippen LogP contribution in [0.5, 0.6) is 11.5 Å². The van der Waals surface area contributed by atoms with E-state index in [2.05, 4.69) is 11.6 Å². The van der Waals surface area contributed by atoms with Crippen molar-refractivity contribution in [1.29, 1.82) is 0 Å². The van der Waals surface area contributed by atoms with Crippen LogP contribution in [0.3, 0.4) is 0 Å². The molecule has 1 heterocycles. The zero-order chi connectivity index (χ0) is 22.1. The average molecular weight is 421 g/mol. The largest absolute Gasteiger partial charge is 0.508 e. The number of aromatic hydroxyl groups is 2. The van der Waals surface area contributed by atoms with Crippen LogP contribution in [0.2, 0.25) is 0 Å². The van der Waals surface area contributed by atoms with Crippen molar-refractivity contribution < 1.29 is 24.6 Å². The summed E-state index contributed by atoms with van der Waals surface area (Å²) >= 11 is 0. The number of nitrogens with one attached hydrogen (secondary N) is 1. The van der Waals surface area contributed by atoms with Crippen LogP contribution >= 0.6 is 0 Å². The zero-order valence-electron chi connectivity index (χ0n) is 17.5. The van der Waals surface area contributed by atoms with E-state index in [0.717, 1.165) is 24.5 Å². The quantitative estimate of drug-likeness (QED) is 0.358. The maximum atomic E-state index is 13.1. The van der Waals surface area contributed by atoms with Crippen LogP contribution in [0.1, 0.15) is 53.8 Å². The summed E-state index contributed by atoms with van der Waals surface area (Å²) in [7, 11) is 0. The summed E-state index contributed by atoms with van der Waals surface area (Å²) in [6, 6.07) is 12.0. The fourth-order valence-electron chi connectivity index (χ4n) is 3.25. The Morgan fingerprint density at radius 3 is 2.65 bits per heavy atom. The molecule has 0 spiro atoms. The normalized spacial score (nSPS) is 18.9. The number of phenolic OH excluding ortho intramolecular Hbond substituents is 2. The van der Waals surface area contributed by atoms with Gasteiger partial charge in [0, 0.05) is 12.5 Å². The molecule has 0 aliphatic carbocycles. The van der Waals surface area contributed by atoms with E-state index in [1.807, 2.05) is 55.5 Å². The van der Waals surface area contributed by atoms with Gasteiger partial charge >= 0.3 is 5.97 Å². The Morgan fingerprint density at radius 2 is 1.87 bits per heavy atom. The molecule has 0 saturated heterocycles. The molecular formula is C25H27NO5. The monoisotopic (exact) mass is 421 g/mol. The van der Waals surface area contributed by atoms with Crippen LogP contribution in [0.4, 0.5) is 0 Å². The van der Waals surface area contributed by atoms with Crippen LogP contribution in [0, 0.1) is 0 Å². The van der Waals surface area contributed by atoms with E-state index < -0.39 is 12.1 Å². The summed E-state index contributed by atoms with van der Waals surface area (Å²) in [4.78, 5) is 18.4. The molecule has 0 fully saturated rings. The fraction of sp³-hybridized carbons (Fsp3) is 0.240. The summed E-state index contributed by atoms with van der Waals surface area (Å²) in [6.07, 6.45) is 11.2. The molecule has 1 atom stereocenters. The van der Waals surface area contributed by atoms with Crippen LogP contribution in [0.25, 0.3) is 6.08 Å². The highest BCUT2D eigenvalue weighted by Gasteiger charge is 2.23. The lowest BCUT2D eigenvalue weighted by Gasteiger charge is -2.19. The molecule has 0 saturated carbocycles. The number of hydrogen-bond acceptors (Lipinski definition) is 6. The first-order valence-corrected chi connectivity index (χ1v) is 10.3. The highest BCUT2D eigenvalue weighted by Crippen LogP contribution is 2.32. The number of benzene rings is 2. The van der Waals surface area contributed by atoms with Crippen LogP contribution < -0.4 is 5.48 Å². The maximum Gasteiger partial charge on any atom is 0.343 e. The van der Waals surface area contributed by atoms with Crippen molar-refractivity contribution in [2.75, 3.05) is 6.61 Å². The number of esters is 1. The van der Waals surface area contributed by atoms with Gasteiger partial charge in [-0.05, 0) is 49.1 Å². The fourth-order valence-corrected chi connectivity index (χ4v) is 3.25. The van der Waals surface area contributed by atoms with E-state index in [4.69, 9.17) is 9.57 Å². The number of hydrogen-bond donors (Lipinski definition) is 3. The van der Waals surface area contributed by atoms with Gasteiger partial charge in [-0.2, -0.15) is 0 Å². The Hall–Kier alpha value is -3.51. The Balaban J connectivity index is 2.06. The van der Waals surface area contributed by atoms with Gasteiger partial charge in [-0.1, -0.05) is 48.6 Å². The second-order valence-electron chi connectivity index (χ2n) is 7.06. The van der Waals surface area contributed by atoms with Gasteiger partial charge < -0.3 is 14.9 Å². The van der Waals surface area contributed by atoms with E-state index in [1.165, 1.54) is 6.07 Å². The first-order chi connectivity index (χ1) is 15.1. The van der Waals surface area contributed by atoms with Crippen molar-refractivity contribution in [3.05, 3.63) is 89.2 Å². The minimum atomic E-state index is -0.678. The molecule has 2 aromatic rings. The molecule has 0 aromatic heterocycles. The highest BCUT2D eigenvalue weighted by atomic mass is 16.6. The minimum absolute atomic E-state index is 0.0241. The Morgan fingerprint density at radius 1 is 1.10 bits per heavy atom. The van der Waals surface area contributed by atoms with Gasteiger partial charge in [0.2, 0.25) is 0 Å². The molecule has 3 rings (SSSR count). The molecule has 1 aliphatic heterocycles. The van der Waals surface area contributed by atoms with Gasteiger partial charge in [-0.25, -0.2) is 4.79 Å². The second-order valence-corrected chi connectivity index (χ2v) is 7.06. The number of carbonyl (C=O) groups excluding carboxylic acids is 1. The number of rotatable bonds is 4. The van der Waals surface area contributed by atoms with E-state index in [1.54, 1.807) is 6.08 Å². The zero-order valence-corrected chi connectivity index (χ0v) is 17.5. The number of cyclic esters (lactones) is 1. The summed E-state index contributed by atoms with van der Waals surface area (Å²) in [5.74, 6) is -1.20. The smallest absolute Gasteiger partial charge is 0.343 e. The molecule has 0 amide bonds. The standard InChI is InChI=1S/C25H27NO5/c1-2-30-26-20-13-9-4-3-5-10-14-23(18-11-7-6-8-12-18)31-25(29)24-19(15-20)16-21(27)17-22(24)28/h5-13,15-17,23,26-28H,2-4,14H2,1H3/b10-5?,13-9?,20-15-/t23-/m0/s1. The van der Waals surface area contributed by atoms with Crippen LogP contribution in [-0.2, 0) is 9.57 Å². The van der Waals surface area contributed by atoms with Gasteiger partial charge in [-0.3, -0.25) is 10.3 Å². The minimum Gasteiger partial charge on any atom is -0.508 e. The third kappa shape index (κ3) is 6.23. The van der Waals surface area contributed by atoms with Gasteiger partial charge in [0.15, 0.2) is 0 Å². The third-order valence-electron chi connectivity index (χ3n) is 4.72. The van der Waals surface area contributed by atoms with Gasteiger partial charge in [0.05, 0.1) is 12.3 Å². The van der Waals surface area contributed by atoms with Crippen molar-refractivity contribution in [2.24, 2.45) is 0 Å². The number of ether oxygens (including phenoxy) is 1. The molecule has 1 aliphatic rings. The molecule has 2 aromatic carbocycles. The van der Waals surface area contributed by atoms with Crippen molar-refractivity contribution in [3.8, 4) is 11.5 Å². The predicted octanol–water partition coefficient (Wildman–Crippen LogP) is 5.17. The third-order valence-corrected chi connectivity index (χ3v) is 4.72. The van der Waals surface area contributed by atoms with E-state index in [9.17, 15) is 15.0 Å². The predicted molar refractivity (Wildman–Crippen MR) is 119 cm³/mol. The maximum absolute atomic E-state index is 13.1. The number of allylic oxidation sites excluding steroid dienone is 3. The first kappa shape index (κ1) is 22.2. The molecule has 0 unspecified atom stereocenters. The lowest BCUT2D eigenvalue weighted by molar-refractivity contribution is 0.0299. The first-order valence-electron chi connectivity index (χ1n) is 10.3. The molecule has 0 radical (unpaired) electrons. The Labute approximate surface area is 182 Å². The van der Waals surface area contributed by atoms with Crippen molar-refractivity contribution >= 4 is 12.0 Å². The molecule has 6 nitrogen and oxygen atoms in total. The number of hydroxylamine groups is 1. The lowest BCUT2D eigenvalue weighted by atomic mass is 10.0. The molecule has 0 bridgehead atoms. The van der Waals surface area contributed by atoms with Crippen molar-refractivity contribution in [1.82, 2.24) is 5.48 Å². The van der Waals surface area contributed by atoms with Crippen LogP contribution in [-0.4, -0.2) is 22.8 Å². The summed E-state index contributed by atoms with van der Waals surface area (Å²) in [6.45, 7) is 2.28. The molecule has 3 N–H and O–H groups in total. The second kappa shape index (κ2) is 11.0. The summed E-state index contributed by atoms with van der Waals surface area (Å²) in [5.41, 5.74) is 4.54. The number of carbonyl (C=O) groups is 1. The average Bonchev–Trinajstić information content (AvgIpc) is 2.75. The lowest BCUT2D eigenvalue weighted by Crippen LogP contribution is -2.15. The van der Waals surface area contributed by atoms with Crippen molar-refractivity contribution in [2.45, 2.75) is 32.3 Å². The van der Waals surface area contributed by atoms with E-state index in [-0.39, 0.29) is 17.1 Å². The molecule has 162 valence electrons. The Bertz CT molecular complexity index is 979. The van der Waals surface area contributed by atoms with Crippen molar-refractivity contribution in [3.63, 3.8) is 0 Å². The SMILES string of the molecule is CCON/C1=C\c2cc(O)cc(O)c2C(=O)O[C@H](c2ccccc2)CC=CCCC=C1. The summed E-state index contributed by atoms with van der Waals surface area (Å²) in [5, 5.41) is 20.5. The van der Waals surface area contributed by atoms with Crippen LogP contribution in [0.15, 0.2) is 72.5 Å². The topological polar surface area (TPSA) is 88.0 Å². The van der Waals surface area contributed by atoms with E-state index >= 15 is 0 Å². The van der Waals surface area contributed by atoms with E-state index in [0.29, 0.717) is 24.3 Å². The number of fused-ring (bicyclic) bond motifs is 1. The number of phenols is 2. The molecular weight excluding hydrogens is 394 g/mol. The van der Waals surface area contributed by atoms with Gasteiger partial charge in [-0.15, -0.1) is 0 Å². The molecule has 31 heavy (non-hydrogen) atoms. The molecule has 6 heteroatoms. The highest BCUT2D eigenvalue weighted by molar-refractivity contribution is 5.97. The van der Waals surface area contributed by atoms with Gasteiger partial charge in [0.25, 0.3) is 0 Å². The Kier molecular flexibility index (Phi) is 7.90.